The first-order valence-corrected chi connectivity index (χ1v) is 4.83. The third-order valence-corrected chi connectivity index (χ3v) is 1.58. The predicted molar refractivity (Wildman–Crippen MR) is 54.3 cm³/mol. The van der Waals surface area contributed by atoms with Crippen LogP contribution in [0.5, 0.6) is 0 Å². The highest BCUT2D eigenvalue weighted by Gasteiger charge is 2.18. The van der Waals surface area contributed by atoms with E-state index in [0.717, 1.165) is 12.8 Å². The van der Waals surface area contributed by atoms with E-state index >= 15 is 0 Å². The molecule has 0 aromatic rings. The summed E-state index contributed by atoms with van der Waals surface area (Å²) < 4.78 is 4.22. The molecule has 5 nitrogen and oxygen atoms in total. The second-order valence-electron chi connectivity index (χ2n) is 3.64. The molecule has 0 saturated heterocycles. The first-order valence-electron chi connectivity index (χ1n) is 4.83. The molecule has 1 N–H and O–H groups in total. The van der Waals surface area contributed by atoms with Crippen molar-refractivity contribution in [3.8, 4) is 0 Å². The van der Waals surface area contributed by atoms with Gasteiger partial charge in [-0.1, -0.05) is 13.3 Å². The molecule has 0 aliphatic rings. The minimum atomic E-state index is -1.31. The molecular weight excluding hydrogens is 200 g/mol. The zero-order valence-corrected chi connectivity index (χ0v) is 9.36. The van der Waals surface area contributed by atoms with Crippen LogP contribution in [0.1, 0.15) is 33.6 Å². The fraction of sp³-hybridized carbons (Fsp3) is 0.700. The number of carboxylic acid groups (broad SMARTS) is 1. The highest BCUT2D eigenvalue weighted by Crippen LogP contribution is 2.16. The van der Waals surface area contributed by atoms with Crippen molar-refractivity contribution in [1.82, 2.24) is 0 Å². The Balaban J connectivity index is 3.55. The molecule has 5 heteroatoms. The maximum atomic E-state index is 9.95. The van der Waals surface area contributed by atoms with Crippen LogP contribution in [-0.2, 0) is 14.5 Å². The van der Waals surface area contributed by atoms with Gasteiger partial charge in [0.05, 0.1) is 0 Å². The lowest BCUT2D eigenvalue weighted by atomic mass is 10.0. The SMILES string of the molecule is CCCC(C)(C)OOC=CCOC(=O)O. The maximum Gasteiger partial charge on any atom is 0.506 e. The second-order valence-corrected chi connectivity index (χ2v) is 3.64. The van der Waals surface area contributed by atoms with Crippen molar-refractivity contribution in [1.29, 1.82) is 0 Å². The van der Waals surface area contributed by atoms with Gasteiger partial charge in [-0.15, -0.1) is 0 Å². The third kappa shape index (κ3) is 9.08. The molecule has 0 aromatic carbocycles. The van der Waals surface area contributed by atoms with Crippen LogP contribution < -0.4 is 0 Å². The lowest BCUT2D eigenvalue weighted by Crippen LogP contribution is -2.23. The molecule has 15 heavy (non-hydrogen) atoms. The van der Waals surface area contributed by atoms with Crippen molar-refractivity contribution in [3.05, 3.63) is 12.3 Å². The van der Waals surface area contributed by atoms with Gasteiger partial charge < -0.3 is 14.7 Å². The number of hydrogen-bond donors (Lipinski definition) is 1. The molecular formula is C10H18O5. The largest absolute Gasteiger partial charge is 0.506 e. The minimum absolute atomic E-state index is 0.0487. The summed E-state index contributed by atoms with van der Waals surface area (Å²) in [6, 6.07) is 0. The Kier molecular flexibility index (Phi) is 6.53. The van der Waals surface area contributed by atoms with E-state index in [4.69, 9.17) is 14.9 Å². The Morgan fingerprint density at radius 2 is 2.13 bits per heavy atom. The van der Waals surface area contributed by atoms with Crippen LogP contribution >= 0.6 is 0 Å². The molecule has 0 aliphatic heterocycles. The van der Waals surface area contributed by atoms with E-state index in [1.165, 1.54) is 12.3 Å². The van der Waals surface area contributed by atoms with E-state index in [1.807, 2.05) is 13.8 Å². The standard InChI is InChI=1S/C10H18O5/c1-4-6-10(2,3)15-14-8-5-7-13-9(11)12/h5,8H,4,6-7H2,1-3H3,(H,11,12). The van der Waals surface area contributed by atoms with Gasteiger partial charge in [-0.2, -0.15) is 4.89 Å². The van der Waals surface area contributed by atoms with Crippen molar-refractivity contribution >= 4 is 6.16 Å². The van der Waals surface area contributed by atoms with E-state index in [-0.39, 0.29) is 12.2 Å². The lowest BCUT2D eigenvalue weighted by Gasteiger charge is -2.21. The van der Waals surface area contributed by atoms with E-state index in [1.54, 1.807) is 0 Å². The molecule has 0 saturated carbocycles. The third-order valence-electron chi connectivity index (χ3n) is 1.58. The molecule has 0 bridgehead atoms. The first-order chi connectivity index (χ1) is 6.98. The smallest absolute Gasteiger partial charge is 0.450 e. The molecule has 0 amide bonds. The normalized spacial score (nSPS) is 11.7. The van der Waals surface area contributed by atoms with Gasteiger partial charge in [0, 0.05) is 0 Å². The molecule has 0 spiro atoms. The van der Waals surface area contributed by atoms with Crippen LogP contribution in [0.3, 0.4) is 0 Å². The Bertz CT molecular complexity index is 210. The van der Waals surface area contributed by atoms with Crippen molar-refractivity contribution < 1.29 is 24.4 Å². The van der Waals surface area contributed by atoms with E-state index in [2.05, 4.69) is 11.7 Å². The van der Waals surface area contributed by atoms with Gasteiger partial charge in [-0.3, -0.25) is 0 Å². The van der Waals surface area contributed by atoms with Gasteiger partial charge in [-0.25, -0.2) is 4.79 Å². The van der Waals surface area contributed by atoms with Crippen molar-refractivity contribution in [2.45, 2.75) is 39.2 Å². The summed E-state index contributed by atoms with van der Waals surface area (Å²) in [6.07, 6.45) is 3.25. The minimum Gasteiger partial charge on any atom is -0.450 e. The molecule has 0 atom stereocenters. The Hall–Kier alpha value is -1.23. The van der Waals surface area contributed by atoms with Crippen LogP contribution in [0.2, 0.25) is 0 Å². The average molecular weight is 218 g/mol. The summed E-state index contributed by atoms with van der Waals surface area (Å²) in [5, 5.41) is 8.14. The van der Waals surface area contributed by atoms with Gasteiger partial charge in [0.1, 0.15) is 18.5 Å². The number of carbonyl (C=O) groups is 1. The van der Waals surface area contributed by atoms with Crippen LogP contribution in [0.4, 0.5) is 4.79 Å². The highest BCUT2D eigenvalue weighted by molar-refractivity contribution is 5.56. The summed E-state index contributed by atoms with van der Waals surface area (Å²) in [7, 11) is 0. The van der Waals surface area contributed by atoms with Crippen LogP contribution in [0, 0.1) is 0 Å². The summed E-state index contributed by atoms with van der Waals surface area (Å²) in [5.74, 6) is 0. The number of rotatable bonds is 7. The molecule has 0 radical (unpaired) electrons. The summed E-state index contributed by atoms with van der Waals surface area (Å²) in [5.41, 5.74) is -0.341. The monoisotopic (exact) mass is 218 g/mol. The van der Waals surface area contributed by atoms with Crippen LogP contribution in [0.25, 0.3) is 0 Å². The molecule has 88 valence electrons. The first kappa shape index (κ1) is 13.8. The van der Waals surface area contributed by atoms with Crippen LogP contribution in [-0.4, -0.2) is 23.5 Å². The van der Waals surface area contributed by atoms with Gasteiger partial charge in [-0.05, 0) is 26.3 Å². The molecule has 0 rings (SSSR count). The van der Waals surface area contributed by atoms with E-state index < -0.39 is 6.16 Å². The highest BCUT2D eigenvalue weighted by atomic mass is 17.2. The summed E-state index contributed by atoms with van der Waals surface area (Å²) in [4.78, 5) is 19.8. The molecule has 0 aliphatic carbocycles. The zero-order chi connectivity index (χ0) is 11.7. The van der Waals surface area contributed by atoms with Crippen molar-refractivity contribution in [2.24, 2.45) is 0 Å². The fourth-order valence-corrected chi connectivity index (χ4v) is 1.000. The predicted octanol–water partition coefficient (Wildman–Crippen LogP) is 2.72. The Morgan fingerprint density at radius 3 is 2.67 bits per heavy atom. The van der Waals surface area contributed by atoms with E-state index in [0.29, 0.717) is 0 Å². The molecule has 0 aromatic heterocycles. The molecule has 0 fully saturated rings. The summed E-state index contributed by atoms with van der Waals surface area (Å²) >= 11 is 0. The van der Waals surface area contributed by atoms with Crippen molar-refractivity contribution in [2.75, 3.05) is 6.61 Å². The second kappa shape index (κ2) is 7.11. The van der Waals surface area contributed by atoms with Crippen LogP contribution in [0.15, 0.2) is 12.3 Å². The molecule has 0 unspecified atom stereocenters. The van der Waals surface area contributed by atoms with Gasteiger partial charge >= 0.3 is 6.16 Å². The average Bonchev–Trinajstić information content (AvgIpc) is 2.10. The quantitative estimate of drug-likeness (QED) is 0.308. The lowest BCUT2D eigenvalue weighted by molar-refractivity contribution is -0.317. The van der Waals surface area contributed by atoms with Gasteiger partial charge in [0.25, 0.3) is 0 Å². The number of ether oxygens (including phenoxy) is 1. The van der Waals surface area contributed by atoms with E-state index in [9.17, 15) is 4.79 Å². The number of hydrogen-bond acceptors (Lipinski definition) is 4. The van der Waals surface area contributed by atoms with Gasteiger partial charge in [0.15, 0.2) is 0 Å². The van der Waals surface area contributed by atoms with Gasteiger partial charge in [0.2, 0.25) is 0 Å². The topological polar surface area (TPSA) is 65.0 Å². The van der Waals surface area contributed by atoms with Crippen molar-refractivity contribution in [3.63, 3.8) is 0 Å². The summed E-state index contributed by atoms with van der Waals surface area (Å²) in [6.45, 7) is 5.84. The fourth-order valence-electron chi connectivity index (χ4n) is 1.000. The maximum absolute atomic E-state index is 9.95. The zero-order valence-electron chi connectivity index (χ0n) is 9.36. The Labute approximate surface area is 89.6 Å². The molecule has 0 heterocycles. The Morgan fingerprint density at radius 1 is 1.47 bits per heavy atom.